The number of amides is 1. The lowest BCUT2D eigenvalue weighted by atomic mass is 10.1. The van der Waals surface area contributed by atoms with Gasteiger partial charge in [-0.05, 0) is 33.6 Å². The standard InChI is InChI=1S/C10H19NO3/c1-10(2,3)14-9(13)11-6-4-5-8(12)7-11/h8,12H,4-7H2,1-3H3/t8-/m0/s1/i8D. The summed E-state index contributed by atoms with van der Waals surface area (Å²) in [5, 5.41) is 9.51. The monoisotopic (exact) mass is 202 g/mol. The van der Waals surface area contributed by atoms with Crippen LogP contribution in [0, 0.1) is 0 Å². The smallest absolute Gasteiger partial charge is 0.410 e. The van der Waals surface area contributed by atoms with Gasteiger partial charge in [0.05, 0.1) is 7.45 Å². The van der Waals surface area contributed by atoms with Crippen molar-refractivity contribution in [2.45, 2.75) is 45.3 Å². The van der Waals surface area contributed by atoms with Crippen molar-refractivity contribution >= 4 is 6.09 Å². The van der Waals surface area contributed by atoms with Gasteiger partial charge in [0, 0.05) is 13.1 Å². The van der Waals surface area contributed by atoms with Crippen molar-refractivity contribution in [2.75, 3.05) is 13.1 Å². The lowest BCUT2D eigenvalue weighted by Gasteiger charge is -2.32. The van der Waals surface area contributed by atoms with E-state index in [4.69, 9.17) is 6.11 Å². The molecule has 0 bridgehead atoms. The molecule has 1 amide bonds. The first kappa shape index (κ1) is 9.77. The quantitative estimate of drug-likeness (QED) is 0.645. The molecule has 1 aliphatic rings. The van der Waals surface area contributed by atoms with E-state index >= 15 is 0 Å². The molecule has 0 unspecified atom stereocenters. The number of aliphatic hydroxyl groups is 1. The van der Waals surface area contributed by atoms with Crippen LogP contribution in [0.3, 0.4) is 0 Å². The van der Waals surface area contributed by atoms with Crippen LogP contribution in [0.1, 0.15) is 35.0 Å². The first-order valence-corrected chi connectivity index (χ1v) is 4.90. The Balaban J connectivity index is 2.53. The summed E-state index contributed by atoms with van der Waals surface area (Å²) in [7, 11) is 0. The molecule has 1 atom stereocenters. The van der Waals surface area contributed by atoms with E-state index < -0.39 is 17.8 Å². The fraction of sp³-hybridized carbons (Fsp3) is 0.900. The topological polar surface area (TPSA) is 49.8 Å². The van der Waals surface area contributed by atoms with Crippen molar-refractivity contribution in [3.05, 3.63) is 0 Å². The Morgan fingerprint density at radius 1 is 1.64 bits per heavy atom. The third-order valence-electron chi connectivity index (χ3n) is 1.92. The first-order chi connectivity index (χ1) is 6.70. The minimum Gasteiger partial charge on any atom is -0.444 e. The van der Waals surface area contributed by atoms with E-state index in [1.54, 1.807) is 20.8 Å². The summed E-state index contributed by atoms with van der Waals surface area (Å²) in [6.07, 6.45) is -0.923. The van der Waals surface area contributed by atoms with E-state index in [1.165, 1.54) is 4.90 Å². The lowest BCUT2D eigenvalue weighted by Crippen LogP contribution is -2.44. The van der Waals surface area contributed by atoms with Crippen molar-refractivity contribution in [1.29, 1.82) is 0 Å². The summed E-state index contributed by atoms with van der Waals surface area (Å²) in [5.74, 6) is 0. The predicted octanol–water partition coefficient (Wildman–Crippen LogP) is 1.38. The minimum absolute atomic E-state index is 0.0297. The second kappa shape index (κ2) is 4.17. The number of hydrogen-bond acceptors (Lipinski definition) is 3. The van der Waals surface area contributed by atoms with Gasteiger partial charge in [-0.25, -0.2) is 4.79 Å². The average Bonchev–Trinajstić information content (AvgIpc) is 1.99. The molecule has 82 valence electrons. The summed E-state index contributed by atoms with van der Waals surface area (Å²) in [4.78, 5) is 13.0. The Morgan fingerprint density at radius 3 is 2.79 bits per heavy atom. The first-order valence-electron chi connectivity index (χ1n) is 5.40. The zero-order valence-electron chi connectivity index (χ0n) is 10.0. The van der Waals surface area contributed by atoms with Crippen LogP contribution in [0.25, 0.3) is 0 Å². The Kier molecular flexibility index (Phi) is 2.91. The molecule has 1 fully saturated rings. The second-order valence-electron chi connectivity index (χ2n) is 4.57. The van der Waals surface area contributed by atoms with Crippen LogP contribution >= 0.6 is 0 Å². The fourth-order valence-corrected chi connectivity index (χ4v) is 1.33. The van der Waals surface area contributed by atoms with E-state index in [9.17, 15) is 9.90 Å². The minimum atomic E-state index is -1.52. The Morgan fingerprint density at radius 2 is 2.29 bits per heavy atom. The van der Waals surface area contributed by atoms with Crippen LogP contribution < -0.4 is 0 Å². The number of carbonyl (C=O) groups excluding carboxylic acids is 1. The Hall–Kier alpha value is -0.770. The summed E-state index contributed by atoms with van der Waals surface area (Å²) in [6.45, 7) is 5.96. The molecule has 0 aromatic carbocycles. The maximum absolute atomic E-state index is 11.6. The number of ether oxygens (including phenoxy) is 1. The fourth-order valence-electron chi connectivity index (χ4n) is 1.33. The number of piperidine rings is 1. The van der Waals surface area contributed by atoms with Crippen molar-refractivity contribution < 1.29 is 16.0 Å². The molecule has 1 heterocycles. The average molecular weight is 202 g/mol. The predicted molar refractivity (Wildman–Crippen MR) is 53.0 cm³/mol. The molecule has 1 aliphatic heterocycles. The van der Waals surface area contributed by atoms with Gasteiger partial charge in [-0.1, -0.05) is 0 Å². The van der Waals surface area contributed by atoms with E-state index in [-0.39, 0.29) is 6.54 Å². The molecule has 0 radical (unpaired) electrons. The molecule has 4 heteroatoms. The number of β-amino-alcohol motifs (C(OH)–C–C–N with tert-alkyl or cyclic N) is 1. The number of nitrogens with zero attached hydrogens (tertiary/aromatic N) is 1. The van der Waals surface area contributed by atoms with Crippen LogP contribution in [0.4, 0.5) is 4.79 Å². The largest absolute Gasteiger partial charge is 0.444 e. The van der Waals surface area contributed by atoms with Crippen LogP contribution in [0.5, 0.6) is 0 Å². The molecule has 1 rings (SSSR count). The summed E-state index contributed by atoms with van der Waals surface area (Å²) < 4.78 is 12.7. The van der Waals surface area contributed by atoms with Gasteiger partial charge in [-0.3, -0.25) is 0 Å². The molecule has 0 spiro atoms. The van der Waals surface area contributed by atoms with Gasteiger partial charge in [0.25, 0.3) is 0 Å². The van der Waals surface area contributed by atoms with Gasteiger partial charge >= 0.3 is 6.09 Å². The van der Waals surface area contributed by atoms with Gasteiger partial charge in [0.2, 0.25) is 0 Å². The number of rotatable bonds is 0. The number of carbonyl (C=O) groups is 1. The molecule has 0 aromatic heterocycles. The SMILES string of the molecule is [2H][C@]1(O)CCCN(C(=O)OC(C)(C)C)C1. The Bertz CT molecular complexity index is 248. The van der Waals surface area contributed by atoms with Crippen LogP contribution in [-0.2, 0) is 4.74 Å². The zero-order chi connectivity index (χ0) is 11.7. The number of likely N-dealkylation sites (tertiary alicyclic amines) is 1. The molecule has 14 heavy (non-hydrogen) atoms. The highest BCUT2D eigenvalue weighted by Gasteiger charge is 2.26. The second-order valence-corrected chi connectivity index (χ2v) is 4.57. The molecule has 0 saturated carbocycles. The molecule has 4 nitrogen and oxygen atoms in total. The van der Waals surface area contributed by atoms with Crippen LogP contribution in [0.15, 0.2) is 0 Å². The summed E-state index contributed by atoms with van der Waals surface area (Å²) in [5.41, 5.74) is -0.533. The van der Waals surface area contributed by atoms with Crippen molar-refractivity contribution in [3.63, 3.8) is 0 Å². The van der Waals surface area contributed by atoms with Gasteiger partial charge in [-0.2, -0.15) is 0 Å². The highest BCUT2D eigenvalue weighted by molar-refractivity contribution is 5.68. The Labute approximate surface area is 86.3 Å². The van der Waals surface area contributed by atoms with E-state index in [0.29, 0.717) is 19.4 Å². The number of hydrogen-bond donors (Lipinski definition) is 1. The summed E-state index contributed by atoms with van der Waals surface area (Å²) in [6, 6.07) is 0. The van der Waals surface area contributed by atoms with Gasteiger partial charge in [0.1, 0.15) is 5.60 Å². The molecular formula is C10H19NO3. The van der Waals surface area contributed by atoms with Crippen LogP contribution in [0.2, 0.25) is 0 Å². The molecule has 0 aromatic rings. The normalized spacial score (nSPS) is 29.7. The van der Waals surface area contributed by atoms with E-state index in [1.807, 2.05) is 0 Å². The van der Waals surface area contributed by atoms with Crippen molar-refractivity contribution in [2.24, 2.45) is 0 Å². The summed E-state index contributed by atoms with van der Waals surface area (Å²) >= 11 is 0. The molecule has 1 N–H and O–H groups in total. The molecule has 1 saturated heterocycles. The van der Waals surface area contributed by atoms with Crippen LogP contribution in [-0.4, -0.2) is 40.9 Å². The third-order valence-corrected chi connectivity index (χ3v) is 1.92. The van der Waals surface area contributed by atoms with Gasteiger partial charge in [0.15, 0.2) is 0 Å². The lowest BCUT2D eigenvalue weighted by molar-refractivity contribution is 0.00391. The van der Waals surface area contributed by atoms with Gasteiger partial charge in [-0.15, -0.1) is 0 Å². The highest BCUT2D eigenvalue weighted by Crippen LogP contribution is 2.14. The van der Waals surface area contributed by atoms with Crippen molar-refractivity contribution in [3.8, 4) is 0 Å². The van der Waals surface area contributed by atoms with Gasteiger partial charge < -0.3 is 14.7 Å². The maximum atomic E-state index is 11.6. The van der Waals surface area contributed by atoms with E-state index in [0.717, 1.165) is 0 Å². The van der Waals surface area contributed by atoms with E-state index in [2.05, 4.69) is 0 Å². The van der Waals surface area contributed by atoms with Crippen molar-refractivity contribution in [1.82, 2.24) is 4.90 Å². The molecule has 0 aliphatic carbocycles. The maximum Gasteiger partial charge on any atom is 0.410 e. The third kappa shape index (κ3) is 3.54. The highest BCUT2D eigenvalue weighted by atomic mass is 16.6. The zero-order valence-corrected chi connectivity index (χ0v) is 9.04. The molecular weight excluding hydrogens is 182 g/mol.